The highest BCUT2D eigenvalue weighted by Gasteiger charge is 2.36. The van der Waals surface area contributed by atoms with Crippen LogP contribution in [0.5, 0.6) is 11.5 Å². The summed E-state index contributed by atoms with van der Waals surface area (Å²) in [5, 5.41) is 11.8. The number of ether oxygens (including phenoxy) is 2. The van der Waals surface area contributed by atoms with Gasteiger partial charge in [-0.3, -0.25) is 4.79 Å². The molecule has 0 bridgehead atoms. The lowest BCUT2D eigenvalue weighted by Gasteiger charge is -2.35. The summed E-state index contributed by atoms with van der Waals surface area (Å²) in [7, 11) is 0. The third kappa shape index (κ3) is 3.01. The van der Waals surface area contributed by atoms with Gasteiger partial charge < -0.3 is 19.5 Å². The second-order valence-corrected chi connectivity index (χ2v) is 7.45. The van der Waals surface area contributed by atoms with Crippen molar-refractivity contribution < 1.29 is 24.2 Å². The molecular weight excluding hydrogens is 356 g/mol. The molecule has 7 nitrogen and oxygen atoms in total. The van der Waals surface area contributed by atoms with E-state index in [2.05, 4.69) is 4.98 Å². The molecule has 4 rings (SSSR count). The molecular formula is C18H18N2O5S. The van der Waals surface area contributed by atoms with Gasteiger partial charge in [0.05, 0.1) is 0 Å². The summed E-state index contributed by atoms with van der Waals surface area (Å²) >= 11 is 1.35. The molecule has 2 unspecified atom stereocenters. The molecule has 1 amide bonds. The Morgan fingerprint density at radius 3 is 2.92 bits per heavy atom. The Labute approximate surface area is 154 Å². The lowest BCUT2D eigenvalue weighted by Crippen LogP contribution is -2.49. The van der Waals surface area contributed by atoms with Crippen LogP contribution in [0.4, 0.5) is 0 Å². The van der Waals surface area contributed by atoms with Crippen LogP contribution >= 0.6 is 11.3 Å². The Bertz CT molecular complexity index is 865. The summed E-state index contributed by atoms with van der Waals surface area (Å²) in [5.74, 6) is 0.346. The number of fused-ring (bicyclic) bond motifs is 1. The number of carbonyl (C=O) groups excluding carboxylic acids is 1. The number of carboxylic acid groups (broad SMARTS) is 1. The Morgan fingerprint density at radius 1 is 1.31 bits per heavy atom. The summed E-state index contributed by atoms with van der Waals surface area (Å²) in [6.45, 7) is 2.65. The minimum Gasteiger partial charge on any atom is -0.480 e. The van der Waals surface area contributed by atoms with Crippen LogP contribution in [0.1, 0.15) is 30.3 Å². The largest absolute Gasteiger partial charge is 0.480 e. The van der Waals surface area contributed by atoms with Gasteiger partial charge in [-0.05, 0) is 37.0 Å². The van der Waals surface area contributed by atoms with E-state index in [1.54, 1.807) is 5.38 Å². The normalized spacial score (nSPS) is 21.7. The van der Waals surface area contributed by atoms with Crippen LogP contribution in [0.2, 0.25) is 0 Å². The zero-order chi connectivity index (χ0) is 18.3. The molecule has 3 heterocycles. The molecule has 2 aromatic rings. The predicted molar refractivity (Wildman–Crippen MR) is 94.5 cm³/mol. The molecule has 8 heteroatoms. The van der Waals surface area contributed by atoms with Crippen molar-refractivity contribution in [2.24, 2.45) is 5.92 Å². The van der Waals surface area contributed by atoms with E-state index in [1.165, 1.54) is 16.2 Å². The Morgan fingerprint density at radius 2 is 2.12 bits per heavy atom. The molecule has 1 N–H and O–H groups in total. The maximum Gasteiger partial charge on any atom is 0.326 e. The topological polar surface area (TPSA) is 89.0 Å². The van der Waals surface area contributed by atoms with Crippen LogP contribution in [0.25, 0.3) is 10.6 Å². The molecule has 1 aromatic heterocycles. The molecule has 1 aromatic carbocycles. The van der Waals surface area contributed by atoms with Gasteiger partial charge in [0.25, 0.3) is 5.91 Å². The van der Waals surface area contributed by atoms with Crippen molar-refractivity contribution in [2.75, 3.05) is 13.3 Å². The van der Waals surface area contributed by atoms with Crippen LogP contribution in [-0.2, 0) is 4.79 Å². The van der Waals surface area contributed by atoms with Crippen molar-refractivity contribution in [3.05, 3.63) is 29.3 Å². The first-order valence-corrected chi connectivity index (χ1v) is 9.30. The van der Waals surface area contributed by atoms with Gasteiger partial charge in [0, 0.05) is 17.5 Å². The van der Waals surface area contributed by atoms with Crippen molar-refractivity contribution in [2.45, 2.75) is 25.8 Å². The number of aromatic nitrogens is 1. The van der Waals surface area contributed by atoms with Crippen LogP contribution in [0, 0.1) is 5.92 Å². The predicted octanol–water partition coefficient (Wildman–Crippen LogP) is 2.86. The van der Waals surface area contributed by atoms with E-state index >= 15 is 0 Å². The summed E-state index contributed by atoms with van der Waals surface area (Å²) < 4.78 is 10.7. The lowest BCUT2D eigenvalue weighted by molar-refractivity contribution is -0.144. The van der Waals surface area contributed by atoms with Crippen LogP contribution < -0.4 is 9.47 Å². The molecule has 0 spiro atoms. The van der Waals surface area contributed by atoms with Crippen LogP contribution in [0.3, 0.4) is 0 Å². The van der Waals surface area contributed by atoms with Crippen molar-refractivity contribution in [1.82, 2.24) is 9.88 Å². The van der Waals surface area contributed by atoms with Gasteiger partial charge in [0.15, 0.2) is 11.5 Å². The molecule has 26 heavy (non-hydrogen) atoms. The average Bonchev–Trinajstić information content (AvgIpc) is 3.29. The van der Waals surface area contributed by atoms with Crippen molar-refractivity contribution >= 4 is 23.2 Å². The van der Waals surface area contributed by atoms with E-state index < -0.39 is 12.0 Å². The Hall–Kier alpha value is -2.61. The Balaban J connectivity index is 1.57. The van der Waals surface area contributed by atoms with Crippen LogP contribution in [0.15, 0.2) is 23.6 Å². The lowest BCUT2D eigenvalue weighted by atomic mass is 9.92. The second kappa shape index (κ2) is 6.60. The fraction of sp³-hybridized carbons (Fsp3) is 0.389. The van der Waals surface area contributed by atoms with Gasteiger partial charge in [-0.15, -0.1) is 11.3 Å². The average molecular weight is 374 g/mol. The molecule has 0 saturated carbocycles. The molecule has 2 aliphatic heterocycles. The third-order valence-electron chi connectivity index (χ3n) is 4.75. The fourth-order valence-electron chi connectivity index (χ4n) is 3.30. The molecule has 2 aliphatic rings. The minimum atomic E-state index is -0.962. The van der Waals surface area contributed by atoms with E-state index in [4.69, 9.17) is 9.47 Å². The zero-order valence-corrected chi connectivity index (χ0v) is 15.0. The molecule has 0 radical (unpaired) electrons. The number of carboxylic acids is 1. The molecule has 1 saturated heterocycles. The van der Waals surface area contributed by atoms with Crippen molar-refractivity contribution in [3.63, 3.8) is 0 Å². The quantitative estimate of drug-likeness (QED) is 0.889. The first kappa shape index (κ1) is 16.8. The number of aliphatic carboxylic acids is 1. The smallest absolute Gasteiger partial charge is 0.326 e. The highest BCUT2D eigenvalue weighted by Crippen LogP contribution is 2.37. The number of likely N-dealkylation sites (tertiary alicyclic amines) is 1. The van der Waals surface area contributed by atoms with Crippen molar-refractivity contribution in [1.29, 1.82) is 0 Å². The number of hydrogen-bond acceptors (Lipinski definition) is 6. The third-order valence-corrected chi connectivity index (χ3v) is 5.64. The molecule has 0 aliphatic carbocycles. The van der Waals surface area contributed by atoms with E-state index in [0.29, 0.717) is 35.4 Å². The van der Waals surface area contributed by atoms with E-state index in [-0.39, 0.29) is 18.4 Å². The van der Waals surface area contributed by atoms with E-state index in [0.717, 1.165) is 12.0 Å². The maximum atomic E-state index is 12.8. The first-order chi connectivity index (χ1) is 12.5. The molecule has 136 valence electrons. The number of nitrogens with zero attached hydrogens (tertiary/aromatic N) is 2. The fourth-order valence-corrected chi connectivity index (χ4v) is 4.09. The number of rotatable bonds is 3. The standard InChI is InChI=1S/C18H18N2O5S/c1-10-4-5-20(13(6-10)18(22)23)17(21)12-8-26-16(19-12)11-2-3-14-15(7-11)25-9-24-14/h2-3,7-8,10,13H,4-6,9H2,1H3,(H,22,23). The monoisotopic (exact) mass is 374 g/mol. The maximum absolute atomic E-state index is 12.8. The van der Waals surface area contributed by atoms with Crippen molar-refractivity contribution in [3.8, 4) is 22.1 Å². The van der Waals surface area contributed by atoms with Crippen LogP contribution in [-0.4, -0.2) is 46.2 Å². The summed E-state index contributed by atoms with van der Waals surface area (Å²) in [4.78, 5) is 30.2. The van der Waals surface area contributed by atoms with E-state index in [1.807, 2.05) is 25.1 Å². The Kier molecular flexibility index (Phi) is 4.28. The highest BCUT2D eigenvalue weighted by atomic mass is 32.1. The first-order valence-electron chi connectivity index (χ1n) is 8.42. The summed E-state index contributed by atoms with van der Waals surface area (Å²) in [6.07, 6.45) is 1.27. The number of hydrogen-bond donors (Lipinski definition) is 1. The molecule has 2 atom stereocenters. The number of thiazole rings is 1. The summed E-state index contributed by atoms with van der Waals surface area (Å²) in [6, 6.07) is 4.72. The van der Waals surface area contributed by atoms with Gasteiger partial charge in [0.2, 0.25) is 6.79 Å². The van der Waals surface area contributed by atoms with Gasteiger partial charge >= 0.3 is 5.97 Å². The summed E-state index contributed by atoms with van der Waals surface area (Å²) in [5.41, 5.74) is 1.11. The highest BCUT2D eigenvalue weighted by molar-refractivity contribution is 7.13. The van der Waals surface area contributed by atoms with Gasteiger partial charge in [-0.25, -0.2) is 9.78 Å². The van der Waals surface area contributed by atoms with Gasteiger partial charge in [0.1, 0.15) is 16.7 Å². The SMILES string of the molecule is CC1CCN(C(=O)c2csc(-c3ccc4c(c3)OCO4)n2)C(C(=O)O)C1. The number of amides is 1. The minimum absolute atomic E-state index is 0.199. The molecule has 1 fully saturated rings. The number of carbonyl (C=O) groups is 2. The number of piperidine rings is 1. The van der Waals surface area contributed by atoms with Gasteiger partial charge in [-0.2, -0.15) is 0 Å². The second-order valence-electron chi connectivity index (χ2n) is 6.59. The van der Waals surface area contributed by atoms with Gasteiger partial charge in [-0.1, -0.05) is 6.92 Å². The zero-order valence-electron chi connectivity index (χ0n) is 14.2. The number of benzene rings is 1. The van der Waals surface area contributed by atoms with E-state index in [9.17, 15) is 14.7 Å².